The van der Waals surface area contributed by atoms with Crippen LogP contribution in [0, 0.1) is 0 Å². The van der Waals surface area contributed by atoms with Gasteiger partial charge in [-0.25, -0.2) is 0 Å². The largest absolute Gasteiger partial charge is 0.346 e. The van der Waals surface area contributed by atoms with Crippen molar-refractivity contribution in [3.63, 3.8) is 0 Å². The first-order valence-corrected chi connectivity index (χ1v) is 10.1. The molecule has 0 bridgehead atoms. The van der Waals surface area contributed by atoms with E-state index in [0.717, 1.165) is 17.8 Å². The fourth-order valence-corrected chi connectivity index (χ4v) is 3.57. The van der Waals surface area contributed by atoms with E-state index in [0.29, 0.717) is 39.1 Å². The van der Waals surface area contributed by atoms with E-state index in [2.05, 4.69) is 15.5 Å². The van der Waals surface area contributed by atoms with Crippen molar-refractivity contribution >= 4 is 58.0 Å². The highest BCUT2D eigenvalue weighted by molar-refractivity contribution is 7.80. The third-order valence-electron chi connectivity index (χ3n) is 4.19. The Morgan fingerprint density at radius 1 is 1.18 bits per heavy atom. The number of halogens is 3. The molecule has 0 spiro atoms. The van der Waals surface area contributed by atoms with Crippen molar-refractivity contribution in [2.75, 3.05) is 12.4 Å². The van der Waals surface area contributed by atoms with E-state index in [1.807, 2.05) is 54.0 Å². The van der Waals surface area contributed by atoms with Crippen LogP contribution >= 0.6 is 47.0 Å². The van der Waals surface area contributed by atoms with Crippen molar-refractivity contribution in [2.45, 2.75) is 26.6 Å². The van der Waals surface area contributed by atoms with Gasteiger partial charge in [0.2, 0.25) is 0 Å². The lowest BCUT2D eigenvalue weighted by Gasteiger charge is -2.20. The fraction of sp³-hybridized carbons (Fsp3) is 0.278. The van der Waals surface area contributed by atoms with E-state index < -0.39 is 0 Å². The van der Waals surface area contributed by atoms with E-state index in [4.69, 9.17) is 47.0 Å². The number of thiocarbonyl (C=S) groups is 1. The van der Waals surface area contributed by atoms with Crippen molar-refractivity contribution in [2.24, 2.45) is 0 Å². The van der Waals surface area contributed by atoms with E-state index in [1.54, 1.807) is 10.9 Å². The Labute approximate surface area is 184 Å². The summed E-state index contributed by atoms with van der Waals surface area (Å²) in [4.78, 5) is 1.88. The molecule has 0 saturated carbocycles. The predicted octanol–water partition coefficient (Wildman–Crippen LogP) is 4.94. The van der Waals surface area contributed by atoms with Gasteiger partial charge in [-0.3, -0.25) is 9.36 Å². The SMILES string of the molecule is CCn1ncc(Cl)c1CN(C)C(=S)Nc1ccn(Cc2c(Cl)cccc2Cl)n1. The van der Waals surface area contributed by atoms with E-state index in [1.165, 1.54) is 0 Å². The second-order valence-electron chi connectivity index (χ2n) is 6.14. The molecule has 3 aromatic rings. The Balaban J connectivity index is 1.64. The first-order valence-electron chi connectivity index (χ1n) is 8.57. The smallest absolute Gasteiger partial charge is 0.174 e. The molecule has 0 aliphatic carbocycles. The van der Waals surface area contributed by atoms with E-state index in [9.17, 15) is 0 Å². The molecule has 148 valence electrons. The molecular formula is C18H19Cl3N6S. The number of nitrogens with zero attached hydrogens (tertiary/aromatic N) is 5. The van der Waals surface area contributed by atoms with Crippen LogP contribution in [0.5, 0.6) is 0 Å². The summed E-state index contributed by atoms with van der Waals surface area (Å²) < 4.78 is 3.60. The molecule has 3 rings (SSSR count). The minimum absolute atomic E-state index is 0.466. The molecule has 0 radical (unpaired) electrons. The second kappa shape index (κ2) is 9.13. The highest BCUT2D eigenvalue weighted by atomic mass is 35.5. The summed E-state index contributed by atoms with van der Waals surface area (Å²) in [6.07, 6.45) is 3.49. The summed E-state index contributed by atoms with van der Waals surface area (Å²) in [5, 5.41) is 14.2. The molecule has 1 N–H and O–H groups in total. The maximum Gasteiger partial charge on any atom is 0.174 e. The average Bonchev–Trinajstić information content (AvgIpc) is 3.25. The van der Waals surface area contributed by atoms with E-state index in [-0.39, 0.29) is 0 Å². The molecule has 0 amide bonds. The third kappa shape index (κ3) is 4.78. The normalized spacial score (nSPS) is 10.9. The van der Waals surface area contributed by atoms with Gasteiger partial charge in [0.15, 0.2) is 10.9 Å². The van der Waals surface area contributed by atoms with Crippen LogP contribution in [0.15, 0.2) is 36.7 Å². The van der Waals surface area contributed by atoms with Gasteiger partial charge in [-0.2, -0.15) is 10.2 Å². The lowest BCUT2D eigenvalue weighted by atomic mass is 10.2. The van der Waals surface area contributed by atoms with Gasteiger partial charge in [0.25, 0.3) is 0 Å². The van der Waals surface area contributed by atoms with Gasteiger partial charge in [-0.05, 0) is 31.3 Å². The monoisotopic (exact) mass is 456 g/mol. The van der Waals surface area contributed by atoms with Gasteiger partial charge in [-0.15, -0.1) is 0 Å². The van der Waals surface area contributed by atoms with Gasteiger partial charge in [-0.1, -0.05) is 40.9 Å². The van der Waals surface area contributed by atoms with Crippen LogP contribution in [0.1, 0.15) is 18.2 Å². The van der Waals surface area contributed by atoms with Gasteiger partial charge in [0.1, 0.15) is 0 Å². The second-order valence-corrected chi connectivity index (χ2v) is 7.75. The van der Waals surface area contributed by atoms with Crippen molar-refractivity contribution in [1.82, 2.24) is 24.5 Å². The molecule has 0 aliphatic heterocycles. The molecule has 10 heteroatoms. The fourth-order valence-electron chi connectivity index (χ4n) is 2.68. The minimum atomic E-state index is 0.466. The number of nitrogens with one attached hydrogen (secondary N) is 1. The minimum Gasteiger partial charge on any atom is -0.346 e. The van der Waals surface area contributed by atoms with Crippen molar-refractivity contribution in [3.05, 3.63) is 63.0 Å². The Morgan fingerprint density at radius 2 is 1.89 bits per heavy atom. The zero-order chi connectivity index (χ0) is 20.3. The number of benzene rings is 1. The lowest BCUT2D eigenvalue weighted by molar-refractivity contribution is 0.471. The van der Waals surface area contributed by atoms with Crippen LogP contribution < -0.4 is 5.32 Å². The molecule has 0 fully saturated rings. The summed E-state index contributed by atoms with van der Waals surface area (Å²) in [5.74, 6) is 0.634. The Hall–Kier alpha value is -1.80. The molecular weight excluding hydrogens is 439 g/mol. The standard InChI is InChI=1S/C18H19Cl3N6S/c1-3-27-16(15(21)9-22-27)11-25(2)18(28)23-17-7-8-26(24-17)10-12-13(19)5-4-6-14(12)20/h4-9H,3,10-11H2,1-2H3,(H,23,24,28). The van der Waals surface area contributed by atoms with Crippen LogP contribution in [-0.2, 0) is 19.6 Å². The summed E-state index contributed by atoms with van der Waals surface area (Å²) in [5.41, 5.74) is 1.73. The summed E-state index contributed by atoms with van der Waals surface area (Å²) in [6, 6.07) is 7.27. The molecule has 1 aromatic carbocycles. The quantitative estimate of drug-likeness (QED) is 0.532. The van der Waals surface area contributed by atoms with Crippen LogP contribution in [0.4, 0.5) is 5.82 Å². The summed E-state index contributed by atoms with van der Waals surface area (Å²) in [6.45, 7) is 3.76. The van der Waals surface area contributed by atoms with Crippen LogP contribution in [0.2, 0.25) is 15.1 Å². The van der Waals surface area contributed by atoms with E-state index >= 15 is 0 Å². The zero-order valence-corrected chi connectivity index (χ0v) is 18.4. The van der Waals surface area contributed by atoms with Crippen LogP contribution in [0.3, 0.4) is 0 Å². The first kappa shape index (κ1) is 20.9. The van der Waals surface area contributed by atoms with Crippen molar-refractivity contribution < 1.29 is 0 Å². The Bertz CT molecular complexity index is 963. The summed E-state index contributed by atoms with van der Waals surface area (Å²) in [7, 11) is 1.89. The predicted molar refractivity (Wildman–Crippen MR) is 118 cm³/mol. The average molecular weight is 458 g/mol. The van der Waals surface area contributed by atoms with Crippen LogP contribution in [0.25, 0.3) is 0 Å². The maximum atomic E-state index is 6.23. The highest BCUT2D eigenvalue weighted by Crippen LogP contribution is 2.25. The molecule has 6 nitrogen and oxygen atoms in total. The van der Waals surface area contributed by atoms with Gasteiger partial charge >= 0.3 is 0 Å². The number of aromatic nitrogens is 4. The third-order valence-corrected chi connectivity index (χ3v) is 5.63. The topological polar surface area (TPSA) is 50.9 Å². The van der Waals surface area contributed by atoms with Crippen LogP contribution in [-0.4, -0.2) is 36.6 Å². The number of anilines is 1. The number of hydrogen-bond acceptors (Lipinski definition) is 3. The zero-order valence-electron chi connectivity index (χ0n) is 15.4. The number of hydrogen-bond donors (Lipinski definition) is 1. The molecule has 2 heterocycles. The lowest BCUT2D eigenvalue weighted by Crippen LogP contribution is -2.31. The maximum absolute atomic E-state index is 6.23. The van der Waals surface area contributed by atoms with Crippen molar-refractivity contribution in [3.8, 4) is 0 Å². The van der Waals surface area contributed by atoms with Gasteiger partial charge in [0.05, 0.1) is 30.0 Å². The highest BCUT2D eigenvalue weighted by Gasteiger charge is 2.14. The Morgan fingerprint density at radius 3 is 2.57 bits per heavy atom. The molecule has 0 aliphatic rings. The van der Waals surface area contributed by atoms with Gasteiger partial charge < -0.3 is 10.2 Å². The van der Waals surface area contributed by atoms with Crippen molar-refractivity contribution in [1.29, 1.82) is 0 Å². The first-order chi connectivity index (χ1) is 13.4. The molecule has 0 unspecified atom stereocenters. The molecule has 28 heavy (non-hydrogen) atoms. The molecule has 2 aromatic heterocycles. The molecule has 0 saturated heterocycles. The number of rotatable bonds is 6. The summed E-state index contributed by atoms with van der Waals surface area (Å²) >= 11 is 24.2. The molecule has 0 atom stereocenters. The van der Waals surface area contributed by atoms with Gasteiger partial charge in [0, 0.05) is 41.5 Å². The number of aryl methyl sites for hydroxylation is 1. The Kier molecular flexibility index (Phi) is 6.82.